The van der Waals surface area contributed by atoms with Crippen LogP contribution in [0.2, 0.25) is 0 Å². The summed E-state index contributed by atoms with van der Waals surface area (Å²) in [5, 5.41) is 5.59. The number of benzene rings is 1. The molecule has 0 saturated carbocycles. The minimum absolute atomic E-state index is 0.172. The number of carbonyl (C=O) groups is 2. The highest BCUT2D eigenvalue weighted by atomic mass is 16.3. The maximum absolute atomic E-state index is 12.1. The fourth-order valence-corrected chi connectivity index (χ4v) is 1.88. The van der Waals surface area contributed by atoms with Gasteiger partial charge in [-0.25, -0.2) is 0 Å². The van der Waals surface area contributed by atoms with Crippen LogP contribution in [-0.2, 0) is 6.54 Å². The molecule has 0 radical (unpaired) electrons. The predicted octanol–water partition coefficient (Wildman–Crippen LogP) is 2.60. The average molecular weight is 300 g/mol. The van der Waals surface area contributed by atoms with Gasteiger partial charge in [-0.15, -0.1) is 0 Å². The molecule has 2 amide bonds. The van der Waals surface area contributed by atoms with E-state index < -0.39 is 0 Å². The fourth-order valence-electron chi connectivity index (χ4n) is 1.88. The first kappa shape index (κ1) is 15.8. The quantitative estimate of drug-likeness (QED) is 0.861. The van der Waals surface area contributed by atoms with Crippen LogP contribution in [0.15, 0.2) is 47.1 Å². The van der Waals surface area contributed by atoms with Gasteiger partial charge in [-0.2, -0.15) is 0 Å². The second-order valence-electron chi connectivity index (χ2n) is 5.45. The minimum atomic E-state index is -0.241. The Morgan fingerprint density at radius 2 is 1.73 bits per heavy atom. The van der Waals surface area contributed by atoms with Crippen molar-refractivity contribution in [2.75, 3.05) is 6.54 Å². The standard InChI is InChI=1S/C17H20N2O3/c1-12(2)10-18-16(20)13-5-3-6-14(9-13)17(21)19-11-15-7-4-8-22-15/h3-9,12H,10-11H2,1-2H3,(H,18,20)(H,19,21). The maximum Gasteiger partial charge on any atom is 0.251 e. The Labute approximate surface area is 129 Å². The van der Waals surface area contributed by atoms with E-state index in [-0.39, 0.29) is 11.8 Å². The van der Waals surface area contributed by atoms with Gasteiger partial charge in [0.05, 0.1) is 12.8 Å². The van der Waals surface area contributed by atoms with Crippen LogP contribution in [0.1, 0.15) is 40.3 Å². The topological polar surface area (TPSA) is 71.3 Å². The predicted molar refractivity (Wildman–Crippen MR) is 83.5 cm³/mol. The molecule has 116 valence electrons. The monoisotopic (exact) mass is 300 g/mol. The molecule has 0 bridgehead atoms. The van der Waals surface area contributed by atoms with E-state index in [0.29, 0.717) is 35.9 Å². The van der Waals surface area contributed by atoms with Crippen LogP contribution in [0, 0.1) is 5.92 Å². The van der Waals surface area contributed by atoms with E-state index in [9.17, 15) is 9.59 Å². The molecule has 5 heteroatoms. The molecular formula is C17H20N2O3. The van der Waals surface area contributed by atoms with Gasteiger partial charge in [-0.1, -0.05) is 19.9 Å². The van der Waals surface area contributed by atoms with Crippen LogP contribution in [-0.4, -0.2) is 18.4 Å². The highest BCUT2D eigenvalue weighted by molar-refractivity contribution is 5.99. The van der Waals surface area contributed by atoms with E-state index in [2.05, 4.69) is 10.6 Å². The molecule has 2 aromatic rings. The number of rotatable bonds is 6. The van der Waals surface area contributed by atoms with Gasteiger partial charge < -0.3 is 15.1 Å². The SMILES string of the molecule is CC(C)CNC(=O)c1cccc(C(=O)NCc2ccco2)c1. The maximum atomic E-state index is 12.1. The third kappa shape index (κ3) is 4.48. The average Bonchev–Trinajstić information content (AvgIpc) is 3.03. The van der Waals surface area contributed by atoms with Crippen molar-refractivity contribution in [2.45, 2.75) is 20.4 Å². The largest absolute Gasteiger partial charge is 0.467 e. The minimum Gasteiger partial charge on any atom is -0.467 e. The van der Waals surface area contributed by atoms with Gasteiger partial charge in [0.15, 0.2) is 0 Å². The van der Waals surface area contributed by atoms with Gasteiger partial charge >= 0.3 is 0 Å². The highest BCUT2D eigenvalue weighted by Crippen LogP contribution is 2.07. The van der Waals surface area contributed by atoms with E-state index in [1.165, 1.54) is 0 Å². The Kier molecular flexibility index (Phi) is 5.36. The van der Waals surface area contributed by atoms with Crippen molar-refractivity contribution in [1.29, 1.82) is 0 Å². The van der Waals surface area contributed by atoms with Gasteiger partial charge in [0.2, 0.25) is 0 Å². The zero-order valence-corrected chi connectivity index (χ0v) is 12.8. The molecule has 0 aliphatic heterocycles. The lowest BCUT2D eigenvalue weighted by atomic mass is 10.1. The number of carbonyl (C=O) groups excluding carboxylic acids is 2. The number of hydrogen-bond donors (Lipinski definition) is 2. The van der Waals surface area contributed by atoms with Crippen LogP contribution in [0.3, 0.4) is 0 Å². The van der Waals surface area contributed by atoms with Crippen LogP contribution in [0.5, 0.6) is 0 Å². The lowest BCUT2D eigenvalue weighted by Gasteiger charge is -2.09. The molecule has 1 heterocycles. The zero-order chi connectivity index (χ0) is 15.9. The Morgan fingerprint density at radius 1 is 1.05 bits per heavy atom. The molecule has 0 aliphatic rings. The first-order valence-electron chi connectivity index (χ1n) is 7.25. The normalized spacial score (nSPS) is 10.5. The summed E-state index contributed by atoms with van der Waals surface area (Å²) in [5.74, 6) is 0.646. The molecule has 2 N–H and O–H groups in total. The van der Waals surface area contributed by atoms with E-state index in [1.807, 2.05) is 13.8 Å². The lowest BCUT2D eigenvalue weighted by Crippen LogP contribution is -2.28. The van der Waals surface area contributed by atoms with Crippen molar-refractivity contribution in [2.24, 2.45) is 5.92 Å². The van der Waals surface area contributed by atoms with Gasteiger partial charge in [0.25, 0.3) is 11.8 Å². The smallest absolute Gasteiger partial charge is 0.251 e. The van der Waals surface area contributed by atoms with Crippen molar-refractivity contribution in [3.63, 3.8) is 0 Å². The molecule has 0 fully saturated rings. The van der Waals surface area contributed by atoms with E-state index in [1.54, 1.807) is 42.7 Å². The molecule has 1 aromatic heterocycles. The molecule has 5 nitrogen and oxygen atoms in total. The summed E-state index contributed by atoms with van der Waals surface area (Å²) in [6.45, 7) is 4.97. The number of nitrogens with one attached hydrogen (secondary N) is 2. The third-order valence-electron chi connectivity index (χ3n) is 3.06. The summed E-state index contributed by atoms with van der Waals surface area (Å²) in [4.78, 5) is 24.1. The van der Waals surface area contributed by atoms with Crippen molar-refractivity contribution in [1.82, 2.24) is 10.6 Å². The Hall–Kier alpha value is -2.56. The summed E-state index contributed by atoms with van der Waals surface area (Å²) in [6, 6.07) is 10.2. The fraction of sp³-hybridized carbons (Fsp3) is 0.294. The molecule has 22 heavy (non-hydrogen) atoms. The summed E-state index contributed by atoms with van der Waals surface area (Å²) >= 11 is 0. The van der Waals surface area contributed by atoms with Crippen molar-refractivity contribution in [3.05, 3.63) is 59.5 Å². The first-order valence-corrected chi connectivity index (χ1v) is 7.25. The zero-order valence-electron chi connectivity index (χ0n) is 12.8. The van der Waals surface area contributed by atoms with Gasteiger partial charge in [-0.05, 0) is 36.2 Å². The molecule has 0 spiro atoms. The van der Waals surface area contributed by atoms with Crippen molar-refractivity contribution < 1.29 is 14.0 Å². The van der Waals surface area contributed by atoms with Gasteiger partial charge in [0.1, 0.15) is 5.76 Å². The number of furan rings is 1. The second-order valence-corrected chi connectivity index (χ2v) is 5.45. The summed E-state index contributed by atoms with van der Waals surface area (Å²) in [5.41, 5.74) is 0.926. The molecule has 0 saturated heterocycles. The van der Waals surface area contributed by atoms with Crippen LogP contribution >= 0.6 is 0 Å². The summed E-state index contributed by atoms with van der Waals surface area (Å²) in [6.07, 6.45) is 1.56. The van der Waals surface area contributed by atoms with Crippen molar-refractivity contribution in [3.8, 4) is 0 Å². The molecular weight excluding hydrogens is 280 g/mol. The lowest BCUT2D eigenvalue weighted by molar-refractivity contribution is 0.0948. The van der Waals surface area contributed by atoms with Crippen molar-refractivity contribution >= 4 is 11.8 Å². The highest BCUT2D eigenvalue weighted by Gasteiger charge is 2.11. The molecule has 1 aromatic carbocycles. The van der Waals surface area contributed by atoms with E-state index >= 15 is 0 Å². The molecule has 0 atom stereocenters. The Balaban J connectivity index is 1.97. The van der Waals surface area contributed by atoms with E-state index in [4.69, 9.17) is 4.42 Å². The molecule has 0 aliphatic carbocycles. The summed E-state index contributed by atoms with van der Waals surface area (Å²) < 4.78 is 5.16. The summed E-state index contributed by atoms with van der Waals surface area (Å²) in [7, 11) is 0. The van der Waals surface area contributed by atoms with E-state index in [0.717, 1.165) is 0 Å². The van der Waals surface area contributed by atoms with Crippen LogP contribution in [0.4, 0.5) is 0 Å². The number of hydrogen-bond acceptors (Lipinski definition) is 3. The van der Waals surface area contributed by atoms with Crippen LogP contribution < -0.4 is 10.6 Å². The van der Waals surface area contributed by atoms with Gasteiger partial charge in [0, 0.05) is 17.7 Å². The molecule has 0 unspecified atom stereocenters. The van der Waals surface area contributed by atoms with Crippen LogP contribution in [0.25, 0.3) is 0 Å². The molecule has 2 rings (SSSR count). The third-order valence-corrected chi connectivity index (χ3v) is 3.06. The Morgan fingerprint density at radius 3 is 2.32 bits per heavy atom. The second kappa shape index (κ2) is 7.45. The Bertz CT molecular complexity index is 633. The first-order chi connectivity index (χ1) is 10.6. The number of amides is 2. The van der Waals surface area contributed by atoms with Gasteiger partial charge in [-0.3, -0.25) is 9.59 Å².